The van der Waals surface area contributed by atoms with Crippen LogP contribution in [-0.4, -0.2) is 26.1 Å². The predicted octanol–water partition coefficient (Wildman–Crippen LogP) is 4.28. The van der Waals surface area contributed by atoms with Gasteiger partial charge in [-0.2, -0.15) is 5.26 Å². The lowest BCUT2D eigenvalue weighted by Crippen LogP contribution is -2.23. The van der Waals surface area contributed by atoms with E-state index in [1.165, 1.54) is 20.3 Å². The molecule has 0 saturated carbocycles. The molecule has 0 aliphatic heterocycles. The molecule has 1 N–H and O–H groups in total. The second-order valence-corrected chi connectivity index (χ2v) is 7.23. The Balaban J connectivity index is 1.67. The van der Waals surface area contributed by atoms with Gasteiger partial charge in [-0.25, -0.2) is 4.79 Å². The summed E-state index contributed by atoms with van der Waals surface area (Å²) in [6.07, 6.45) is 1.50. The molecule has 34 heavy (non-hydrogen) atoms. The van der Waals surface area contributed by atoms with Crippen LogP contribution in [0.1, 0.15) is 27.0 Å². The van der Waals surface area contributed by atoms with Crippen LogP contribution in [-0.2, 0) is 22.7 Å². The first-order valence-electron chi connectivity index (χ1n) is 10.5. The third-order valence-corrected chi connectivity index (χ3v) is 4.93. The fraction of sp³-hybridized carbons (Fsp3) is 0.148. The molecule has 0 fully saturated rings. The Morgan fingerprint density at radius 3 is 2.32 bits per heavy atom. The first kappa shape index (κ1) is 24.1. The van der Waals surface area contributed by atoms with Crippen molar-refractivity contribution in [3.8, 4) is 17.6 Å². The lowest BCUT2D eigenvalue weighted by Gasteiger charge is -2.12. The van der Waals surface area contributed by atoms with Crippen molar-refractivity contribution in [2.24, 2.45) is 0 Å². The van der Waals surface area contributed by atoms with Crippen LogP contribution < -0.4 is 14.8 Å². The van der Waals surface area contributed by atoms with Gasteiger partial charge in [-0.05, 0) is 47.0 Å². The Kier molecular flexibility index (Phi) is 8.42. The van der Waals surface area contributed by atoms with E-state index in [1.54, 1.807) is 42.5 Å². The smallest absolute Gasteiger partial charge is 0.337 e. The quantitative estimate of drug-likeness (QED) is 0.293. The molecule has 3 aromatic carbocycles. The lowest BCUT2D eigenvalue weighted by atomic mass is 10.1. The summed E-state index contributed by atoms with van der Waals surface area (Å²) in [5.41, 5.74) is 2.87. The molecule has 0 heterocycles. The summed E-state index contributed by atoms with van der Waals surface area (Å²) < 4.78 is 16.0. The van der Waals surface area contributed by atoms with E-state index in [0.29, 0.717) is 29.2 Å². The Bertz CT molecular complexity index is 1210. The number of ether oxygens (including phenoxy) is 3. The molecule has 0 bridgehead atoms. The highest BCUT2D eigenvalue weighted by molar-refractivity contribution is 6.01. The third kappa shape index (κ3) is 6.47. The number of hydrogen-bond acceptors (Lipinski definition) is 6. The van der Waals surface area contributed by atoms with Crippen LogP contribution in [0.5, 0.6) is 11.5 Å². The van der Waals surface area contributed by atoms with Gasteiger partial charge in [0, 0.05) is 6.54 Å². The van der Waals surface area contributed by atoms with Crippen molar-refractivity contribution in [3.63, 3.8) is 0 Å². The van der Waals surface area contributed by atoms with Crippen LogP contribution in [0, 0.1) is 11.3 Å². The van der Waals surface area contributed by atoms with Crippen molar-refractivity contribution >= 4 is 18.0 Å². The van der Waals surface area contributed by atoms with E-state index in [4.69, 9.17) is 14.2 Å². The molecule has 0 unspecified atom stereocenters. The molecular formula is C27H24N2O5. The van der Waals surface area contributed by atoms with Gasteiger partial charge in [-0.1, -0.05) is 48.5 Å². The highest BCUT2D eigenvalue weighted by Crippen LogP contribution is 2.29. The van der Waals surface area contributed by atoms with E-state index in [2.05, 4.69) is 5.32 Å². The number of nitrogens with one attached hydrogen (secondary N) is 1. The summed E-state index contributed by atoms with van der Waals surface area (Å²) in [6, 6.07) is 23.4. The summed E-state index contributed by atoms with van der Waals surface area (Å²) in [7, 11) is 2.85. The molecule has 0 spiro atoms. The van der Waals surface area contributed by atoms with Gasteiger partial charge in [0.15, 0.2) is 11.5 Å². The van der Waals surface area contributed by atoms with Crippen LogP contribution >= 0.6 is 0 Å². The summed E-state index contributed by atoms with van der Waals surface area (Å²) >= 11 is 0. The number of carbonyl (C=O) groups excluding carboxylic acids is 2. The number of methoxy groups -OCH3 is 2. The number of hydrogen-bond donors (Lipinski definition) is 1. The first-order valence-corrected chi connectivity index (χ1v) is 10.5. The average Bonchev–Trinajstić information content (AvgIpc) is 2.89. The van der Waals surface area contributed by atoms with Crippen LogP contribution in [0.25, 0.3) is 6.08 Å². The van der Waals surface area contributed by atoms with E-state index in [0.717, 1.165) is 11.1 Å². The van der Waals surface area contributed by atoms with E-state index in [9.17, 15) is 14.9 Å². The second kappa shape index (κ2) is 11.9. The molecule has 0 aliphatic carbocycles. The number of esters is 1. The average molecular weight is 456 g/mol. The highest BCUT2D eigenvalue weighted by Gasteiger charge is 2.11. The Hall–Kier alpha value is -4.57. The molecule has 7 nitrogen and oxygen atoms in total. The zero-order valence-electron chi connectivity index (χ0n) is 18.9. The summed E-state index contributed by atoms with van der Waals surface area (Å²) in [6.45, 7) is 0.591. The second-order valence-electron chi connectivity index (χ2n) is 7.23. The van der Waals surface area contributed by atoms with Crippen molar-refractivity contribution < 1.29 is 23.8 Å². The van der Waals surface area contributed by atoms with E-state index < -0.39 is 11.9 Å². The molecule has 172 valence electrons. The Morgan fingerprint density at radius 2 is 1.68 bits per heavy atom. The molecule has 0 saturated heterocycles. The molecule has 3 aromatic rings. The van der Waals surface area contributed by atoms with Gasteiger partial charge in [-0.15, -0.1) is 0 Å². The largest absolute Gasteiger partial charge is 0.493 e. The minimum atomic E-state index is -0.457. The molecule has 0 atom stereocenters. The van der Waals surface area contributed by atoms with Crippen molar-refractivity contribution in [2.75, 3.05) is 14.2 Å². The molecule has 0 radical (unpaired) electrons. The minimum absolute atomic E-state index is 0.0163. The zero-order chi connectivity index (χ0) is 24.3. The number of benzene rings is 3. The molecule has 0 aliphatic rings. The van der Waals surface area contributed by atoms with Crippen molar-refractivity contribution in [3.05, 3.63) is 101 Å². The van der Waals surface area contributed by atoms with Gasteiger partial charge in [0.25, 0.3) is 5.91 Å². The van der Waals surface area contributed by atoms with Crippen LogP contribution in [0.4, 0.5) is 0 Å². The van der Waals surface area contributed by atoms with Gasteiger partial charge >= 0.3 is 5.97 Å². The normalized spacial score (nSPS) is 10.7. The summed E-state index contributed by atoms with van der Waals surface area (Å²) in [5.74, 6) is 0.106. The maximum absolute atomic E-state index is 12.4. The molecule has 7 heteroatoms. The van der Waals surface area contributed by atoms with Gasteiger partial charge in [-0.3, -0.25) is 4.79 Å². The number of nitrogens with zero attached hydrogens (tertiary/aromatic N) is 1. The standard InChI is InChI=1S/C27H24N2O5/c1-32-25-15-21(14-23(16-28)26(30)29-17-19-6-4-3-5-7-19)10-13-24(25)34-18-20-8-11-22(12-9-20)27(31)33-2/h3-15H,17-18H2,1-2H3,(H,29,30)/b23-14+. The maximum atomic E-state index is 12.4. The van der Waals surface area contributed by atoms with Crippen molar-refractivity contribution in [2.45, 2.75) is 13.2 Å². The van der Waals surface area contributed by atoms with E-state index >= 15 is 0 Å². The molecular weight excluding hydrogens is 432 g/mol. The number of rotatable bonds is 9. The number of carbonyl (C=O) groups is 2. The van der Waals surface area contributed by atoms with Crippen molar-refractivity contribution in [1.82, 2.24) is 5.32 Å². The predicted molar refractivity (Wildman–Crippen MR) is 127 cm³/mol. The Morgan fingerprint density at radius 1 is 0.941 bits per heavy atom. The highest BCUT2D eigenvalue weighted by atomic mass is 16.5. The van der Waals surface area contributed by atoms with Gasteiger partial charge in [0.05, 0.1) is 19.8 Å². The summed E-state index contributed by atoms with van der Waals surface area (Å²) in [5, 5.41) is 12.2. The number of nitriles is 1. The van der Waals surface area contributed by atoms with E-state index in [1.807, 2.05) is 36.4 Å². The van der Waals surface area contributed by atoms with Crippen LogP contribution in [0.3, 0.4) is 0 Å². The van der Waals surface area contributed by atoms with E-state index in [-0.39, 0.29) is 12.2 Å². The number of amides is 1. The lowest BCUT2D eigenvalue weighted by molar-refractivity contribution is -0.117. The van der Waals surface area contributed by atoms with Gasteiger partial charge in [0.2, 0.25) is 0 Å². The van der Waals surface area contributed by atoms with Crippen molar-refractivity contribution in [1.29, 1.82) is 5.26 Å². The fourth-order valence-electron chi connectivity index (χ4n) is 3.10. The zero-order valence-corrected chi connectivity index (χ0v) is 18.9. The molecule has 1 amide bonds. The monoisotopic (exact) mass is 456 g/mol. The minimum Gasteiger partial charge on any atom is -0.493 e. The fourth-order valence-corrected chi connectivity index (χ4v) is 3.10. The maximum Gasteiger partial charge on any atom is 0.337 e. The molecule has 0 aromatic heterocycles. The van der Waals surface area contributed by atoms with Gasteiger partial charge < -0.3 is 19.5 Å². The molecule has 3 rings (SSSR count). The van der Waals surface area contributed by atoms with Gasteiger partial charge in [0.1, 0.15) is 18.2 Å². The third-order valence-electron chi connectivity index (χ3n) is 4.93. The summed E-state index contributed by atoms with van der Waals surface area (Å²) in [4.78, 5) is 24.0. The first-order chi connectivity index (χ1) is 16.5. The van der Waals surface area contributed by atoms with Crippen LogP contribution in [0.15, 0.2) is 78.4 Å². The Labute approximate surface area is 198 Å². The topological polar surface area (TPSA) is 97.7 Å². The van der Waals surface area contributed by atoms with Crippen LogP contribution in [0.2, 0.25) is 0 Å². The SMILES string of the molecule is COC(=O)c1ccc(COc2ccc(/C=C(\C#N)C(=O)NCc3ccccc3)cc2OC)cc1.